The minimum Gasteiger partial charge on any atom is -0.341 e. The number of amides is 3. The molecule has 0 N–H and O–H groups in total. The molecule has 8 aromatic rings. The molecule has 0 saturated heterocycles. The van der Waals surface area contributed by atoms with Crippen molar-refractivity contribution < 1.29 is 39.6 Å². The van der Waals surface area contributed by atoms with Crippen LogP contribution in [0.1, 0.15) is 193 Å². The smallest absolute Gasteiger partial charge is 0.254 e. The Morgan fingerprint density at radius 2 is 0.824 bits per heavy atom. The molecule has 0 fully saturated rings. The molecule has 17 nitrogen and oxygen atoms in total. The average Bonchev–Trinajstić information content (AvgIpc) is 1.07. The van der Waals surface area contributed by atoms with E-state index in [4.69, 9.17) is 0 Å². The number of nitrogens with zero attached hydrogens (tertiary/aromatic N) is 8. The first-order valence-corrected chi connectivity index (χ1v) is 41.7. The van der Waals surface area contributed by atoms with Crippen molar-refractivity contribution in [2.24, 2.45) is 0 Å². The van der Waals surface area contributed by atoms with Crippen LogP contribution in [-0.2, 0) is 109 Å². The van der Waals surface area contributed by atoms with Gasteiger partial charge in [0.1, 0.15) is 26.7 Å². The summed E-state index contributed by atoms with van der Waals surface area (Å²) in [5.41, 5.74) is 14.9. The zero-order valence-corrected chi connectivity index (χ0v) is 71.0. The van der Waals surface area contributed by atoms with E-state index in [1.807, 2.05) is 213 Å². The molecule has 2 atom stereocenters. The highest BCUT2D eigenvalue weighted by atomic mass is 32.2. The summed E-state index contributed by atoms with van der Waals surface area (Å²) < 4.78 is 77.4. The zero-order valence-electron chi connectivity index (χ0n) is 67.7. The van der Waals surface area contributed by atoms with E-state index in [0.29, 0.717) is 11.4 Å². The van der Waals surface area contributed by atoms with Crippen molar-refractivity contribution in [2.45, 2.75) is 183 Å². The predicted molar refractivity (Wildman–Crippen MR) is 439 cm³/mol. The SMILES string of the molecule is CN1C(=O)c2ccccc2C1(C)C.CN1C(C)(C)c2ccccc2S1(=O)=O.CN1CC(C)(C)c2ccccc2C1=O.CN1Cc2ccccc2C(C)(C)C1=O.CN1Cc2ccccc2C(C)(C)S1(=O)=O.CN1Cc2ccccc2C1(C)C.CN1S(=O)c2ccccc2C1(C)C.CN1c2ccccc2C(C)(C)S1=O. The highest BCUT2D eigenvalue weighted by Crippen LogP contribution is 2.46. The van der Waals surface area contributed by atoms with Crippen LogP contribution in [0.3, 0.4) is 0 Å². The van der Waals surface area contributed by atoms with Gasteiger partial charge in [-0.05, 0) is 196 Å². The highest BCUT2D eigenvalue weighted by Gasteiger charge is 2.48. The van der Waals surface area contributed by atoms with E-state index < -0.39 is 52.3 Å². The van der Waals surface area contributed by atoms with Gasteiger partial charge in [-0.15, -0.1) is 0 Å². The Balaban J connectivity index is 0.000000142. The molecule has 8 aliphatic rings. The Bertz CT molecular complexity index is 4930. The van der Waals surface area contributed by atoms with Gasteiger partial charge in [-0.25, -0.2) is 29.6 Å². The molecule has 8 aliphatic heterocycles. The molecule has 8 aromatic carbocycles. The van der Waals surface area contributed by atoms with Gasteiger partial charge in [0.15, 0.2) is 0 Å². The number of para-hydroxylation sites is 1. The maximum atomic E-state index is 12.1. The minimum absolute atomic E-state index is 0.0687. The van der Waals surface area contributed by atoms with Gasteiger partial charge in [-0.3, -0.25) is 23.6 Å². The number of fused-ring (bicyclic) bond motifs is 8. The van der Waals surface area contributed by atoms with E-state index in [0.717, 1.165) is 63.6 Å². The van der Waals surface area contributed by atoms with Crippen LogP contribution >= 0.6 is 0 Å². The molecule has 0 saturated carbocycles. The third-order valence-electron chi connectivity index (χ3n) is 23.3. The van der Waals surface area contributed by atoms with Gasteiger partial charge in [-0.1, -0.05) is 178 Å². The van der Waals surface area contributed by atoms with Crippen molar-refractivity contribution in [3.8, 4) is 0 Å². The monoisotopic (exact) mass is 1540 g/mol. The summed E-state index contributed by atoms with van der Waals surface area (Å²) in [7, 11) is 6.38. The van der Waals surface area contributed by atoms with Gasteiger partial charge in [0.05, 0.1) is 42.3 Å². The fraction of sp³-hybridized carbons (Fsp3) is 0.414. The van der Waals surface area contributed by atoms with E-state index >= 15 is 0 Å². The first kappa shape index (κ1) is 84.0. The fourth-order valence-corrected chi connectivity index (χ4v) is 21.8. The van der Waals surface area contributed by atoms with Crippen LogP contribution in [0.4, 0.5) is 5.69 Å². The minimum atomic E-state index is -3.26. The van der Waals surface area contributed by atoms with Crippen molar-refractivity contribution in [3.63, 3.8) is 0 Å². The number of anilines is 1. The Labute approximate surface area is 649 Å². The Kier molecular flexibility index (Phi) is 24.2. The lowest BCUT2D eigenvalue weighted by atomic mass is 9.78. The number of carbonyl (C=O) groups is 3. The first-order chi connectivity index (χ1) is 50.1. The lowest BCUT2D eigenvalue weighted by Gasteiger charge is -2.37. The summed E-state index contributed by atoms with van der Waals surface area (Å²) in [4.78, 5) is 44.7. The predicted octanol–water partition coefficient (Wildman–Crippen LogP) is 15.5. The quantitative estimate of drug-likeness (QED) is 0.142. The van der Waals surface area contributed by atoms with Gasteiger partial charge in [-0.2, -0.15) is 8.61 Å². The molecule has 578 valence electrons. The Morgan fingerprint density at radius 1 is 0.389 bits per heavy atom. The van der Waals surface area contributed by atoms with Crippen LogP contribution in [0.5, 0.6) is 0 Å². The van der Waals surface area contributed by atoms with Gasteiger partial charge in [0.2, 0.25) is 26.0 Å². The fourth-order valence-electron chi connectivity index (χ4n) is 15.5. The van der Waals surface area contributed by atoms with Crippen molar-refractivity contribution >= 4 is 65.4 Å². The molecule has 0 bridgehead atoms. The number of rotatable bonds is 0. The van der Waals surface area contributed by atoms with E-state index in [1.54, 1.807) is 54.8 Å². The van der Waals surface area contributed by atoms with Crippen LogP contribution in [0, 0.1) is 0 Å². The van der Waals surface area contributed by atoms with Crippen molar-refractivity contribution in [3.05, 3.63) is 266 Å². The maximum absolute atomic E-state index is 12.1. The second kappa shape index (κ2) is 31.1. The van der Waals surface area contributed by atoms with Crippen LogP contribution in [0.15, 0.2) is 204 Å². The van der Waals surface area contributed by atoms with E-state index in [1.165, 1.54) is 47.6 Å². The van der Waals surface area contributed by atoms with Crippen molar-refractivity contribution in [1.29, 1.82) is 0 Å². The van der Waals surface area contributed by atoms with Crippen LogP contribution in [0.25, 0.3) is 0 Å². The molecule has 0 aromatic heterocycles. The third-order valence-corrected chi connectivity index (χ3v) is 31.3. The molecule has 16 rings (SSSR count). The normalized spacial score (nSPS) is 22.0. The lowest BCUT2D eigenvalue weighted by Crippen LogP contribution is -2.45. The first-order valence-electron chi connectivity index (χ1n) is 36.6. The number of hydrogen-bond donors (Lipinski definition) is 0. The summed E-state index contributed by atoms with van der Waals surface area (Å²) >= 11 is 0. The average molecular weight is 1540 g/mol. The topological polar surface area (TPSA) is 180 Å². The maximum Gasteiger partial charge on any atom is 0.254 e. The molecule has 3 amide bonds. The van der Waals surface area contributed by atoms with Crippen LogP contribution in [0.2, 0.25) is 0 Å². The van der Waals surface area contributed by atoms with Crippen molar-refractivity contribution in [1.82, 2.24) is 32.5 Å². The second-order valence-corrected chi connectivity index (χ2v) is 41.2. The molecule has 0 radical (unpaired) electrons. The van der Waals surface area contributed by atoms with Gasteiger partial charge < -0.3 is 14.7 Å². The molecule has 0 spiro atoms. The number of likely N-dealkylation sites (N-methyl/N-ethyl adjacent to an activating group) is 2. The Morgan fingerprint density at radius 3 is 1.35 bits per heavy atom. The van der Waals surface area contributed by atoms with E-state index in [-0.39, 0.29) is 49.9 Å². The molecule has 21 heteroatoms. The number of hydrogen-bond acceptors (Lipinski definition) is 10. The van der Waals surface area contributed by atoms with Gasteiger partial charge >= 0.3 is 0 Å². The molecule has 8 heterocycles. The lowest BCUT2D eigenvalue weighted by molar-refractivity contribution is -0.136. The second-order valence-electron chi connectivity index (χ2n) is 33.1. The van der Waals surface area contributed by atoms with E-state index in [9.17, 15) is 39.6 Å². The summed E-state index contributed by atoms with van der Waals surface area (Å²) in [6.07, 6.45) is 0. The van der Waals surface area contributed by atoms with Crippen LogP contribution in [-0.4, -0.2) is 138 Å². The van der Waals surface area contributed by atoms with Gasteiger partial charge in [0.25, 0.3) is 11.8 Å². The highest BCUT2D eigenvalue weighted by molar-refractivity contribution is 7.90. The summed E-state index contributed by atoms with van der Waals surface area (Å²) in [5.74, 6) is 0.469. The largest absolute Gasteiger partial charge is 0.341 e. The van der Waals surface area contributed by atoms with Crippen LogP contribution < -0.4 is 4.31 Å². The molecule has 108 heavy (non-hydrogen) atoms. The number of benzene rings is 8. The Hall–Kier alpha value is -7.99. The standard InChI is InChI=1S/2C12H15NO.C11H15NO2S.C11H13NO.C11H15N.C10H13NO2S.2C10H13NOS/c1-12(2)8-13(3)11(14)9-6-4-5-7-10(9)12;1-12(2)10-7-5-4-6-9(10)8-13(3)11(12)14;1-11(2)10-7-5-4-6-9(10)8-12(3)15(11,13)14;1-11(2)9-7-5-4-6-8(9)10(13)12(11)3;1-11(2)10-7-5-4-6-9(10)8-12(11)3;1-10(2)8-6-4-5-7-9(8)14(12,13)11(10)3;1-10(2)8-6-4-5-7-9(8)13(12)11(10)3;1-10(2)8-6-4-5-7-9(8)11(3)13(10)12/h2*4-7H,8H2,1-3H3;4-7H,8H2,1-3H3;4-7H,1-3H3;4-7H,8H2,1-3H3;4-7H,1-3H3;2*4-7H,1-3H3. The number of sulfonamides is 2. The van der Waals surface area contributed by atoms with Gasteiger partial charge in [0, 0.05) is 97.6 Å². The molecule has 2 unspecified atom stereocenters. The molecule has 0 aliphatic carbocycles. The summed E-state index contributed by atoms with van der Waals surface area (Å²) in [5, 5.41) is 0. The number of carbonyl (C=O) groups excluding carboxylic acids is 3. The summed E-state index contributed by atoms with van der Waals surface area (Å²) in [6, 6.07) is 63.4. The zero-order chi connectivity index (χ0) is 80.2. The van der Waals surface area contributed by atoms with Crippen molar-refractivity contribution in [2.75, 3.05) is 67.2 Å². The molecular formula is C87H112N8O9S4. The van der Waals surface area contributed by atoms with E-state index in [2.05, 4.69) is 122 Å². The molecular weight excluding hydrogens is 1430 g/mol. The summed E-state index contributed by atoms with van der Waals surface area (Å²) in [6.45, 7) is 35.7. The third kappa shape index (κ3) is 15.5.